The highest BCUT2D eigenvalue weighted by atomic mass is 16.3. The Balaban J connectivity index is 1.11. The number of rotatable bonds is 5. The van der Waals surface area contributed by atoms with Crippen LogP contribution < -0.4 is 0 Å². The normalized spacial score (nSPS) is 12.0. The van der Waals surface area contributed by atoms with Crippen LogP contribution in [-0.4, -0.2) is 27.8 Å². The number of fused-ring (bicyclic) bond motifs is 18. The van der Waals surface area contributed by atoms with Gasteiger partial charge < -0.3 is 27.3 Å². The molecule has 84 heavy (non-hydrogen) atoms. The molecule has 0 amide bonds. The second-order valence-corrected chi connectivity index (χ2v) is 21.9. The van der Waals surface area contributed by atoms with Gasteiger partial charge >= 0.3 is 0 Å². The van der Waals surface area contributed by atoms with E-state index in [-0.39, 0.29) is 0 Å². The Hall–Kier alpha value is -11.4. The molecular weight excluding hydrogens is 1020 g/mol. The molecule has 5 heterocycles. The molecule has 7 heteroatoms. The van der Waals surface area contributed by atoms with Gasteiger partial charge in [0.25, 0.3) is 0 Å². The van der Waals surface area contributed by atoms with Crippen LogP contribution in [0.5, 0.6) is 0 Å². The van der Waals surface area contributed by atoms with Crippen molar-refractivity contribution in [1.29, 1.82) is 0 Å². The van der Waals surface area contributed by atoms with Gasteiger partial charge in [0.1, 0.15) is 0 Å². The van der Waals surface area contributed by atoms with E-state index in [1.807, 2.05) is 6.07 Å². The predicted octanol–water partition coefficient (Wildman–Crippen LogP) is 20.2. The summed E-state index contributed by atoms with van der Waals surface area (Å²) in [4.78, 5) is 5.78. The quantitative estimate of drug-likeness (QED) is 0.161. The molecule has 0 unspecified atom stereocenters. The lowest BCUT2D eigenvalue weighted by Crippen LogP contribution is -2.08. The van der Waals surface area contributed by atoms with E-state index in [2.05, 4.69) is 308 Å². The fourth-order valence-electron chi connectivity index (χ4n) is 13.8. The molecule has 0 radical (unpaired) electrons. The molecular formula is C77H48N6O. The zero-order chi connectivity index (χ0) is 55.0. The molecule has 18 rings (SSSR count). The average Bonchev–Trinajstić information content (AvgIpc) is 2.38. The van der Waals surface area contributed by atoms with E-state index in [1.165, 1.54) is 21.5 Å². The van der Waals surface area contributed by atoms with Crippen LogP contribution in [0.15, 0.2) is 296 Å². The van der Waals surface area contributed by atoms with Crippen LogP contribution in [0.1, 0.15) is 0 Å². The van der Waals surface area contributed by atoms with E-state index in [0.717, 1.165) is 138 Å². The third-order valence-electron chi connectivity index (χ3n) is 17.3. The standard InChI is InChI=1S/C77H48N6O/c1-4-22-49(23-5-1)79-69-36-18-19-37-70(69)80(50-24-6-2-7-25-50)73-45-61-60(44-72(73)79)54-41-40-52(82-65-32-14-10-28-55(65)56-29-11-15-33-66(56)82)42-59(54)63-43-53(83-67-34-16-12-30-57(67)58-31-13-17-35-68(58)83)48-78-77(63)64-47-76-74(46-62(61)64)81(51-26-8-3-9-27-51)71-38-20-21-39-75(71)84-76/h1-48H. The molecule has 392 valence electrons. The molecule has 0 bridgehead atoms. The number of benzene rings is 12. The lowest BCUT2D eigenvalue weighted by molar-refractivity contribution is 0.654. The second kappa shape index (κ2) is 18.0. The van der Waals surface area contributed by atoms with Crippen LogP contribution in [0.25, 0.3) is 160 Å². The molecule has 0 aliphatic rings. The first kappa shape index (κ1) is 46.4. The monoisotopic (exact) mass is 1070 g/mol. The Morgan fingerprint density at radius 2 is 0.560 bits per heavy atom. The van der Waals surface area contributed by atoms with Crippen LogP contribution in [0.4, 0.5) is 0 Å². The first-order valence-corrected chi connectivity index (χ1v) is 28.6. The van der Waals surface area contributed by atoms with Gasteiger partial charge in [-0.15, -0.1) is 0 Å². The number of hydrogen-bond acceptors (Lipinski definition) is 2. The summed E-state index contributed by atoms with van der Waals surface area (Å²) in [5.74, 6) is 0. The lowest BCUT2D eigenvalue weighted by Gasteiger charge is -2.23. The van der Waals surface area contributed by atoms with E-state index >= 15 is 0 Å². The van der Waals surface area contributed by atoms with Gasteiger partial charge in [-0.25, -0.2) is 0 Å². The van der Waals surface area contributed by atoms with Gasteiger partial charge in [0.05, 0.1) is 72.6 Å². The summed E-state index contributed by atoms with van der Waals surface area (Å²) in [6, 6.07) is 103. The highest BCUT2D eigenvalue weighted by Gasteiger charge is 2.22. The summed E-state index contributed by atoms with van der Waals surface area (Å²) in [5.41, 5.74) is 18.3. The Morgan fingerprint density at radius 3 is 1.08 bits per heavy atom. The van der Waals surface area contributed by atoms with Gasteiger partial charge in [0, 0.05) is 55.1 Å². The molecule has 0 aliphatic carbocycles. The smallest absolute Gasteiger partial charge is 0.152 e. The minimum Gasteiger partial charge on any atom is -0.453 e. The fraction of sp³-hybridized carbons (Fsp3) is 0. The van der Waals surface area contributed by atoms with Crippen molar-refractivity contribution in [3.05, 3.63) is 291 Å². The van der Waals surface area contributed by atoms with E-state index in [4.69, 9.17) is 9.40 Å². The lowest BCUT2D eigenvalue weighted by atomic mass is 9.94. The van der Waals surface area contributed by atoms with Crippen LogP contribution >= 0.6 is 0 Å². The first-order chi connectivity index (χ1) is 41.7. The van der Waals surface area contributed by atoms with E-state index < -0.39 is 0 Å². The zero-order valence-corrected chi connectivity index (χ0v) is 45.3. The largest absolute Gasteiger partial charge is 0.453 e. The molecule has 7 nitrogen and oxygen atoms in total. The average molecular weight is 1070 g/mol. The maximum Gasteiger partial charge on any atom is 0.152 e. The molecule has 0 saturated heterocycles. The highest BCUT2D eigenvalue weighted by Crippen LogP contribution is 2.44. The number of hydrogen-bond donors (Lipinski definition) is 0. The third kappa shape index (κ3) is 6.78. The van der Waals surface area contributed by atoms with Crippen molar-refractivity contribution in [2.45, 2.75) is 0 Å². The minimum atomic E-state index is 0.741. The first-order valence-electron chi connectivity index (χ1n) is 28.6. The minimum absolute atomic E-state index is 0.741. The Morgan fingerprint density at radius 1 is 0.202 bits per heavy atom. The molecule has 13 aromatic carbocycles. The van der Waals surface area contributed by atoms with Gasteiger partial charge in [-0.1, -0.05) is 158 Å². The molecule has 0 N–H and O–H groups in total. The summed E-state index contributed by atoms with van der Waals surface area (Å²) in [7, 11) is 0. The molecule has 0 saturated carbocycles. The fourth-order valence-corrected chi connectivity index (χ4v) is 13.8. The molecule has 0 spiro atoms. The van der Waals surface area contributed by atoms with E-state index in [1.54, 1.807) is 0 Å². The van der Waals surface area contributed by atoms with Crippen LogP contribution in [0, 0.1) is 0 Å². The van der Waals surface area contributed by atoms with Crippen LogP contribution in [-0.2, 0) is 0 Å². The Bertz CT molecular complexity index is 5750. The molecule has 0 atom stereocenters. The SMILES string of the molecule is c1ccc(-n2c3ccccc3oc3cc4c(cc32)c2cc3c(cc2c2ccc(-n5c6ccccc6c6ccccc65)cc2c2cc(-n5c6ccccc6c6ccccc65)cnc24)n(-c2ccccc2)c2ccccc2n3-c2ccccc2)cc1. The van der Waals surface area contributed by atoms with Gasteiger partial charge in [-0.2, -0.15) is 0 Å². The van der Waals surface area contributed by atoms with Crippen molar-refractivity contribution in [2.24, 2.45) is 0 Å². The van der Waals surface area contributed by atoms with E-state index in [0.29, 0.717) is 0 Å². The number of nitrogens with zero attached hydrogens (tertiary/aromatic N) is 6. The topological polar surface area (TPSA) is 50.7 Å². The zero-order valence-electron chi connectivity index (χ0n) is 45.3. The van der Waals surface area contributed by atoms with Crippen molar-refractivity contribution in [1.82, 2.24) is 27.8 Å². The van der Waals surface area contributed by atoms with Crippen molar-refractivity contribution >= 4 is 131 Å². The molecule has 18 aromatic rings. The maximum absolute atomic E-state index is 7.14. The van der Waals surface area contributed by atoms with E-state index in [9.17, 15) is 0 Å². The third-order valence-corrected chi connectivity index (χ3v) is 17.3. The van der Waals surface area contributed by atoms with Gasteiger partial charge in [-0.05, 0) is 154 Å². The Kier molecular flexibility index (Phi) is 9.96. The van der Waals surface area contributed by atoms with Crippen molar-refractivity contribution in [2.75, 3.05) is 0 Å². The summed E-state index contributed by atoms with van der Waals surface area (Å²) in [5, 5.41) is 12.1. The second-order valence-electron chi connectivity index (χ2n) is 21.9. The molecule has 5 aromatic heterocycles. The predicted molar refractivity (Wildman–Crippen MR) is 350 cm³/mol. The van der Waals surface area contributed by atoms with Crippen LogP contribution in [0.3, 0.4) is 0 Å². The van der Waals surface area contributed by atoms with Crippen molar-refractivity contribution < 1.29 is 4.42 Å². The van der Waals surface area contributed by atoms with Gasteiger partial charge in [0.15, 0.2) is 11.2 Å². The van der Waals surface area contributed by atoms with Gasteiger partial charge in [-0.3, -0.25) is 4.98 Å². The number of para-hydroxylation sites is 11. The van der Waals surface area contributed by atoms with Crippen molar-refractivity contribution in [3.63, 3.8) is 0 Å². The number of pyridine rings is 1. The maximum atomic E-state index is 7.14. The summed E-state index contributed by atoms with van der Waals surface area (Å²) >= 11 is 0. The van der Waals surface area contributed by atoms with Gasteiger partial charge in [0.2, 0.25) is 0 Å². The van der Waals surface area contributed by atoms with Crippen LogP contribution in [0.2, 0.25) is 0 Å². The molecule has 0 aliphatic heterocycles. The highest BCUT2D eigenvalue weighted by molar-refractivity contribution is 6.28. The van der Waals surface area contributed by atoms with Crippen molar-refractivity contribution in [3.8, 4) is 28.4 Å². The molecule has 0 fully saturated rings. The Labute approximate surface area is 480 Å². The summed E-state index contributed by atoms with van der Waals surface area (Å²) in [6.07, 6.45) is 2.07. The summed E-state index contributed by atoms with van der Waals surface area (Å²) in [6.45, 7) is 0. The number of aromatic nitrogens is 6. The summed E-state index contributed by atoms with van der Waals surface area (Å²) < 4.78 is 19.2.